The molecular formula is C19H25N3O4. The van der Waals surface area contributed by atoms with Crippen LogP contribution >= 0.6 is 0 Å². The van der Waals surface area contributed by atoms with Gasteiger partial charge in [0, 0.05) is 7.05 Å². The molecule has 0 fully saturated rings. The van der Waals surface area contributed by atoms with Crippen molar-refractivity contribution in [1.82, 2.24) is 9.78 Å². The molecule has 0 aliphatic carbocycles. The van der Waals surface area contributed by atoms with Crippen molar-refractivity contribution in [2.24, 2.45) is 7.05 Å². The molecule has 0 spiro atoms. The fourth-order valence-electron chi connectivity index (χ4n) is 2.62. The first-order chi connectivity index (χ1) is 12.2. The maximum Gasteiger partial charge on any atom is 0.344 e. The molecule has 140 valence electrons. The molecule has 1 amide bonds. The summed E-state index contributed by atoms with van der Waals surface area (Å²) >= 11 is 0. The van der Waals surface area contributed by atoms with Gasteiger partial charge < -0.3 is 14.8 Å². The number of anilines is 1. The fourth-order valence-corrected chi connectivity index (χ4v) is 2.62. The van der Waals surface area contributed by atoms with Crippen LogP contribution in [0.15, 0.2) is 18.2 Å². The number of benzene rings is 1. The number of nitrogens with zero attached hydrogens (tertiary/aromatic N) is 2. The van der Waals surface area contributed by atoms with Gasteiger partial charge in [0.25, 0.3) is 5.91 Å². The highest BCUT2D eigenvalue weighted by Gasteiger charge is 2.21. The average Bonchev–Trinajstić information content (AvgIpc) is 2.78. The zero-order chi connectivity index (χ0) is 19.4. The molecule has 7 nitrogen and oxygen atoms in total. The average molecular weight is 359 g/mol. The number of ether oxygens (including phenoxy) is 2. The quantitative estimate of drug-likeness (QED) is 0.802. The summed E-state index contributed by atoms with van der Waals surface area (Å²) in [6, 6.07) is 5.69. The number of amides is 1. The number of hydrogen-bond donors (Lipinski definition) is 1. The van der Waals surface area contributed by atoms with Gasteiger partial charge in [-0.05, 0) is 57.9 Å². The molecule has 1 aromatic heterocycles. The largest absolute Gasteiger partial charge is 0.482 e. The molecule has 0 aliphatic heterocycles. The van der Waals surface area contributed by atoms with E-state index in [0.29, 0.717) is 17.1 Å². The molecule has 2 rings (SSSR count). The third kappa shape index (κ3) is 4.84. The lowest BCUT2D eigenvalue weighted by Gasteiger charge is -2.14. The van der Waals surface area contributed by atoms with Crippen molar-refractivity contribution in [3.8, 4) is 5.75 Å². The first-order valence-electron chi connectivity index (χ1n) is 8.39. The van der Waals surface area contributed by atoms with Crippen LogP contribution in [0.4, 0.5) is 5.69 Å². The number of carbonyl (C=O) groups excluding carboxylic acids is 2. The van der Waals surface area contributed by atoms with Gasteiger partial charge in [-0.2, -0.15) is 5.10 Å². The standard InChI is InChI=1S/C19H25N3O4/c1-11-7-12(2)9-16(8-11)25-10-17(23)26-15(5)19(24)20-18-13(3)21-22(6)14(18)4/h7-9,15H,10H2,1-6H3,(H,20,24)/t15-/m1/s1. The maximum atomic E-state index is 12.3. The molecule has 0 saturated carbocycles. The van der Waals surface area contributed by atoms with Crippen molar-refractivity contribution in [3.63, 3.8) is 0 Å². The minimum atomic E-state index is -0.940. The van der Waals surface area contributed by atoms with E-state index >= 15 is 0 Å². The molecule has 26 heavy (non-hydrogen) atoms. The van der Waals surface area contributed by atoms with E-state index < -0.39 is 18.0 Å². The second-order valence-electron chi connectivity index (χ2n) is 6.40. The van der Waals surface area contributed by atoms with E-state index in [-0.39, 0.29) is 6.61 Å². The van der Waals surface area contributed by atoms with E-state index in [1.165, 1.54) is 6.92 Å². The first kappa shape index (κ1) is 19.5. The third-order valence-corrected chi connectivity index (χ3v) is 3.99. The summed E-state index contributed by atoms with van der Waals surface area (Å²) in [6.07, 6.45) is -0.940. The summed E-state index contributed by atoms with van der Waals surface area (Å²) in [6.45, 7) is 8.82. The van der Waals surface area contributed by atoms with Crippen LogP contribution in [0.5, 0.6) is 5.75 Å². The van der Waals surface area contributed by atoms with Crippen LogP contribution < -0.4 is 10.1 Å². The lowest BCUT2D eigenvalue weighted by molar-refractivity contribution is -0.155. The van der Waals surface area contributed by atoms with Gasteiger partial charge in [-0.25, -0.2) is 4.79 Å². The Morgan fingerprint density at radius 3 is 2.31 bits per heavy atom. The van der Waals surface area contributed by atoms with Gasteiger partial charge in [0.15, 0.2) is 12.7 Å². The predicted octanol–water partition coefficient (Wildman–Crippen LogP) is 2.60. The smallest absolute Gasteiger partial charge is 0.344 e. The van der Waals surface area contributed by atoms with Crippen molar-refractivity contribution >= 4 is 17.6 Å². The number of esters is 1. The van der Waals surface area contributed by atoms with Gasteiger partial charge >= 0.3 is 5.97 Å². The lowest BCUT2D eigenvalue weighted by Crippen LogP contribution is -2.32. The van der Waals surface area contributed by atoms with Crippen LogP contribution in [-0.2, 0) is 21.4 Å². The fraction of sp³-hybridized carbons (Fsp3) is 0.421. The Hall–Kier alpha value is -2.83. The van der Waals surface area contributed by atoms with Gasteiger partial charge in [0.1, 0.15) is 5.75 Å². The van der Waals surface area contributed by atoms with Crippen LogP contribution in [0.2, 0.25) is 0 Å². The highest BCUT2D eigenvalue weighted by Crippen LogP contribution is 2.19. The monoisotopic (exact) mass is 359 g/mol. The van der Waals surface area contributed by atoms with Crippen molar-refractivity contribution < 1.29 is 19.1 Å². The number of hydrogen-bond acceptors (Lipinski definition) is 5. The molecule has 1 aromatic carbocycles. The van der Waals surface area contributed by atoms with Crippen LogP contribution in [0.1, 0.15) is 29.4 Å². The highest BCUT2D eigenvalue weighted by atomic mass is 16.6. The van der Waals surface area contributed by atoms with Crippen molar-refractivity contribution in [2.75, 3.05) is 11.9 Å². The molecule has 7 heteroatoms. The Morgan fingerprint density at radius 2 is 1.77 bits per heavy atom. The summed E-state index contributed by atoms with van der Waals surface area (Å²) < 4.78 is 12.3. The molecule has 2 aromatic rings. The molecule has 0 unspecified atom stereocenters. The zero-order valence-corrected chi connectivity index (χ0v) is 16.0. The van der Waals surface area contributed by atoms with Crippen molar-refractivity contribution in [2.45, 2.75) is 40.7 Å². The van der Waals surface area contributed by atoms with Crippen molar-refractivity contribution in [1.29, 1.82) is 0 Å². The van der Waals surface area contributed by atoms with Crippen LogP contribution in [0, 0.1) is 27.7 Å². The maximum absolute atomic E-state index is 12.3. The van der Waals surface area contributed by atoms with E-state index in [1.54, 1.807) is 18.7 Å². The van der Waals surface area contributed by atoms with E-state index in [1.807, 2.05) is 39.0 Å². The predicted molar refractivity (Wildman–Crippen MR) is 98.3 cm³/mol. The second-order valence-corrected chi connectivity index (χ2v) is 6.40. The van der Waals surface area contributed by atoms with E-state index in [2.05, 4.69) is 10.4 Å². The number of rotatable bonds is 6. The Morgan fingerprint density at radius 1 is 1.15 bits per heavy atom. The molecular weight excluding hydrogens is 334 g/mol. The first-order valence-corrected chi connectivity index (χ1v) is 8.39. The van der Waals surface area contributed by atoms with Gasteiger partial charge in [-0.3, -0.25) is 9.48 Å². The van der Waals surface area contributed by atoms with E-state index in [0.717, 1.165) is 16.8 Å². The number of aromatic nitrogens is 2. The third-order valence-electron chi connectivity index (χ3n) is 3.99. The number of nitrogens with one attached hydrogen (secondary N) is 1. The molecule has 0 aliphatic rings. The summed E-state index contributed by atoms with van der Waals surface area (Å²) in [5.41, 5.74) is 4.25. The Balaban J connectivity index is 1.88. The SMILES string of the molecule is Cc1cc(C)cc(OCC(=O)O[C@H](C)C(=O)Nc2c(C)nn(C)c2C)c1. The summed E-state index contributed by atoms with van der Waals surface area (Å²) in [5.74, 6) is -0.423. The highest BCUT2D eigenvalue weighted by molar-refractivity contribution is 5.96. The van der Waals surface area contributed by atoms with Crippen molar-refractivity contribution in [3.05, 3.63) is 40.7 Å². The molecule has 1 N–H and O–H groups in total. The topological polar surface area (TPSA) is 82.4 Å². The Labute approximate surface area is 153 Å². The molecule has 1 heterocycles. The lowest BCUT2D eigenvalue weighted by atomic mass is 10.1. The second kappa shape index (κ2) is 8.03. The molecule has 1 atom stereocenters. The van der Waals surface area contributed by atoms with Crippen LogP contribution in [0.25, 0.3) is 0 Å². The summed E-state index contributed by atoms with van der Waals surface area (Å²) in [7, 11) is 1.80. The molecule has 0 radical (unpaired) electrons. The van der Waals surface area contributed by atoms with Gasteiger partial charge in [-0.15, -0.1) is 0 Å². The van der Waals surface area contributed by atoms with Gasteiger partial charge in [0.2, 0.25) is 0 Å². The van der Waals surface area contributed by atoms with Crippen LogP contribution in [-0.4, -0.2) is 34.4 Å². The zero-order valence-electron chi connectivity index (χ0n) is 16.0. The normalized spacial score (nSPS) is 11.8. The number of aryl methyl sites for hydroxylation is 4. The summed E-state index contributed by atoms with van der Waals surface area (Å²) in [5, 5.41) is 6.99. The Bertz CT molecular complexity index is 806. The van der Waals surface area contributed by atoms with Crippen LogP contribution in [0.3, 0.4) is 0 Å². The summed E-state index contributed by atoms with van der Waals surface area (Å²) in [4.78, 5) is 24.2. The van der Waals surface area contributed by atoms with E-state index in [4.69, 9.17) is 9.47 Å². The Kier molecular flexibility index (Phi) is 6.02. The minimum Gasteiger partial charge on any atom is -0.482 e. The van der Waals surface area contributed by atoms with Gasteiger partial charge in [0.05, 0.1) is 17.1 Å². The number of carbonyl (C=O) groups is 2. The molecule has 0 saturated heterocycles. The molecule has 0 bridgehead atoms. The minimum absolute atomic E-state index is 0.258. The van der Waals surface area contributed by atoms with Gasteiger partial charge in [-0.1, -0.05) is 6.07 Å². The van der Waals surface area contributed by atoms with E-state index in [9.17, 15) is 9.59 Å².